The van der Waals surface area contributed by atoms with E-state index in [1.54, 1.807) is 5.57 Å². The molecule has 1 unspecified atom stereocenters. The summed E-state index contributed by atoms with van der Waals surface area (Å²) in [5, 5.41) is 20.9. The molecule has 3 heteroatoms. The van der Waals surface area contributed by atoms with Gasteiger partial charge in [0, 0.05) is 12.3 Å². The van der Waals surface area contributed by atoms with Crippen LogP contribution >= 0.6 is 0 Å². The number of aliphatic hydroxyl groups is 2. The van der Waals surface area contributed by atoms with Crippen LogP contribution in [0.5, 0.6) is 0 Å². The molecule has 3 rings (SSSR count). The first-order valence-corrected chi connectivity index (χ1v) is 11.9. The van der Waals surface area contributed by atoms with Gasteiger partial charge in [-0.05, 0) is 89.3 Å². The molecule has 0 aromatic rings. The molecule has 3 nitrogen and oxygen atoms in total. The fourth-order valence-electron chi connectivity index (χ4n) is 5.48. The molecule has 0 amide bonds. The van der Waals surface area contributed by atoms with Crippen LogP contribution in [0.2, 0.25) is 0 Å². The lowest BCUT2D eigenvalue weighted by Gasteiger charge is -2.20. The second-order valence-electron chi connectivity index (χ2n) is 9.58. The van der Waals surface area contributed by atoms with E-state index in [1.165, 1.54) is 58.2 Å². The Balaban J connectivity index is 1.40. The van der Waals surface area contributed by atoms with Crippen molar-refractivity contribution in [1.82, 2.24) is 4.90 Å². The van der Waals surface area contributed by atoms with Crippen molar-refractivity contribution in [3.8, 4) is 11.8 Å². The van der Waals surface area contributed by atoms with Gasteiger partial charge in [-0.25, -0.2) is 0 Å². The third-order valence-electron chi connectivity index (χ3n) is 7.34. The Morgan fingerprint density at radius 1 is 1.24 bits per heavy atom. The smallest absolute Gasteiger partial charge is 0.0755 e. The third-order valence-corrected chi connectivity index (χ3v) is 7.34. The van der Waals surface area contributed by atoms with Crippen LogP contribution in [-0.2, 0) is 0 Å². The molecule has 1 saturated carbocycles. The van der Waals surface area contributed by atoms with E-state index in [9.17, 15) is 10.2 Å². The molecule has 0 bridgehead atoms. The topological polar surface area (TPSA) is 43.7 Å². The van der Waals surface area contributed by atoms with E-state index in [-0.39, 0.29) is 17.9 Å². The van der Waals surface area contributed by atoms with Gasteiger partial charge in [-0.2, -0.15) is 0 Å². The molecule has 3 aliphatic rings. The summed E-state index contributed by atoms with van der Waals surface area (Å²) in [6.45, 7) is 7.78. The molecule has 2 N–H and O–H groups in total. The lowest BCUT2D eigenvalue weighted by molar-refractivity contribution is 0.137. The number of aliphatic hydroxyl groups excluding tert-OH is 2. The average Bonchev–Trinajstić information content (AvgIpc) is 3.41. The van der Waals surface area contributed by atoms with Crippen LogP contribution in [0, 0.1) is 35.5 Å². The monoisotopic (exact) mass is 399 g/mol. The standard InChI is InChI=1S/C26H41NO2/c1-3-4-10-20(2)25(28)13-12-23-24-18-21(17-22(24)19-26(23)29)11-6-5-7-14-27-15-8-9-16-27/h12-13,17,20,22-26,28-29H,5-11,14-16,18-19H2,1-2H3/b13-12+/t20-,22?,23+,24-,25+,26+/m0/s1. The summed E-state index contributed by atoms with van der Waals surface area (Å²) in [5.74, 6) is 7.31. The fourth-order valence-corrected chi connectivity index (χ4v) is 5.48. The highest BCUT2D eigenvalue weighted by Gasteiger charge is 2.43. The second kappa shape index (κ2) is 11.3. The molecule has 2 aliphatic carbocycles. The Morgan fingerprint density at radius 2 is 2.03 bits per heavy atom. The first-order valence-electron chi connectivity index (χ1n) is 11.9. The second-order valence-corrected chi connectivity index (χ2v) is 9.58. The SMILES string of the molecule is CC#CC[C@H](C)[C@H](O)/C=C/[C@H]1[C@H](O)CC2C=C(CCCCCN3CCCC3)C[C@@H]21. The van der Waals surface area contributed by atoms with E-state index in [2.05, 4.69) is 28.9 Å². The Hall–Kier alpha value is -1.08. The predicted molar refractivity (Wildman–Crippen MR) is 120 cm³/mol. The van der Waals surface area contributed by atoms with Crippen molar-refractivity contribution in [3.05, 3.63) is 23.8 Å². The van der Waals surface area contributed by atoms with Gasteiger partial charge in [-0.3, -0.25) is 0 Å². The molecular weight excluding hydrogens is 358 g/mol. The summed E-state index contributed by atoms with van der Waals surface area (Å²) >= 11 is 0. The first-order chi connectivity index (χ1) is 14.1. The van der Waals surface area contributed by atoms with Crippen LogP contribution < -0.4 is 0 Å². The number of nitrogens with zero attached hydrogens (tertiary/aromatic N) is 1. The normalized spacial score (nSPS) is 31.5. The summed E-state index contributed by atoms with van der Waals surface area (Å²) in [4.78, 5) is 2.61. The molecule has 6 atom stereocenters. The first kappa shape index (κ1) is 22.6. The van der Waals surface area contributed by atoms with Crippen LogP contribution in [0.15, 0.2) is 23.8 Å². The van der Waals surface area contributed by atoms with Crippen LogP contribution in [-0.4, -0.2) is 47.0 Å². The van der Waals surface area contributed by atoms with Gasteiger partial charge in [0.05, 0.1) is 12.2 Å². The number of likely N-dealkylation sites (tertiary alicyclic amines) is 1. The zero-order chi connectivity index (χ0) is 20.6. The van der Waals surface area contributed by atoms with Crippen LogP contribution in [0.4, 0.5) is 0 Å². The molecule has 1 heterocycles. The summed E-state index contributed by atoms with van der Waals surface area (Å²) in [7, 11) is 0. The molecule has 1 aliphatic heterocycles. The van der Waals surface area contributed by atoms with Crippen LogP contribution in [0.3, 0.4) is 0 Å². The molecule has 0 aromatic carbocycles. The summed E-state index contributed by atoms with van der Waals surface area (Å²) in [6.07, 6.45) is 16.4. The minimum atomic E-state index is -0.480. The molecule has 0 radical (unpaired) electrons. The van der Waals surface area contributed by atoms with E-state index in [4.69, 9.17) is 0 Å². The van der Waals surface area contributed by atoms with E-state index in [0.29, 0.717) is 18.3 Å². The Morgan fingerprint density at radius 3 is 2.79 bits per heavy atom. The van der Waals surface area contributed by atoms with Crippen molar-refractivity contribution in [2.75, 3.05) is 19.6 Å². The van der Waals surface area contributed by atoms with Gasteiger partial charge in [0.2, 0.25) is 0 Å². The largest absolute Gasteiger partial charge is 0.392 e. The van der Waals surface area contributed by atoms with E-state index >= 15 is 0 Å². The molecule has 1 saturated heterocycles. The highest BCUT2D eigenvalue weighted by atomic mass is 16.3. The Bertz CT molecular complexity index is 622. The van der Waals surface area contributed by atoms with Crippen molar-refractivity contribution in [1.29, 1.82) is 0 Å². The minimum Gasteiger partial charge on any atom is -0.392 e. The van der Waals surface area contributed by atoms with E-state index in [0.717, 1.165) is 12.8 Å². The molecule has 162 valence electrons. The third kappa shape index (κ3) is 6.45. The summed E-state index contributed by atoms with van der Waals surface area (Å²) in [5.41, 5.74) is 1.61. The molecule has 29 heavy (non-hydrogen) atoms. The quantitative estimate of drug-likeness (QED) is 0.322. The number of allylic oxidation sites excluding steroid dienone is 2. The lowest BCUT2D eigenvalue weighted by Crippen LogP contribution is -2.20. The van der Waals surface area contributed by atoms with Gasteiger partial charge >= 0.3 is 0 Å². The average molecular weight is 400 g/mol. The Labute approximate surface area is 178 Å². The van der Waals surface area contributed by atoms with Gasteiger partial charge in [-0.15, -0.1) is 11.8 Å². The number of hydrogen-bond donors (Lipinski definition) is 2. The zero-order valence-electron chi connectivity index (χ0n) is 18.5. The molecule has 0 aromatic heterocycles. The zero-order valence-corrected chi connectivity index (χ0v) is 18.5. The van der Waals surface area contributed by atoms with E-state index < -0.39 is 6.10 Å². The van der Waals surface area contributed by atoms with Gasteiger partial charge in [0.1, 0.15) is 0 Å². The van der Waals surface area contributed by atoms with Gasteiger partial charge in [0.25, 0.3) is 0 Å². The van der Waals surface area contributed by atoms with Crippen molar-refractivity contribution in [2.24, 2.45) is 23.7 Å². The summed E-state index contributed by atoms with van der Waals surface area (Å²) < 4.78 is 0. The van der Waals surface area contributed by atoms with Crippen molar-refractivity contribution < 1.29 is 10.2 Å². The maximum atomic E-state index is 10.5. The fraction of sp³-hybridized carbons (Fsp3) is 0.769. The van der Waals surface area contributed by atoms with Crippen molar-refractivity contribution >= 4 is 0 Å². The number of hydrogen-bond acceptors (Lipinski definition) is 3. The van der Waals surface area contributed by atoms with Crippen molar-refractivity contribution in [2.45, 2.75) is 83.8 Å². The maximum Gasteiger partial charge on any atom is 0.0755 e. The highest BCUT2D eigenvalue weighted by molar-refractivity contribution is 5.21. The van der Waals surface area contributed by atoms with Gasteiger partial charge in [-0.1, -0.05) is 37.1 Å². The number of unbranched alkanes of at least 4 members (excludes halogenated alkanes) is 2. The van der Waals surface area contributed by atoms with Crippen LogP contribution in [0.1, 0.15) is 71.6 Å². The highest BCUT2D eigenvalue weighted by Crippen LogP contribution is 2.48. The minimum absolute atomic E-state index is 0.130. The number of rotatable bonds is 10. The van der Waals surface area contributed by atoms with Crippen LogP contribution in [0.25, 0.3) is 0 Å². The Kier molecular flexibility index (Phi) is 8.85. The summed E-state index contributed by atoms with van der Waals surface area (Å²) in [6, 6.07) is 0. The van der Waals surface area contributed by atoms with Gasteiger partial charge < -0.3 is 15.1 Å². The maximum absolute atomic E-state index is 10.5. The van der Waals surface area contributed by atoms with E-state index in [1.807, 2.05) is 19.9 Å². The molecule has 2 fully saturated rings. The van der Waals surface area contributed by atoms with Crippen molar-refractivity contribution in [3.63, 3.8) is 0 Å². The molecular formula is C26H41NO2. The number of fused-ring (bicyclic) bond motifs is 1. The van der Waals surface area contributed by atoms with Gasteiger partial charge in [0.15, 0.2) is 0 Å². The molecule has 0 spiro atoms. The predicted octanol–water partition coefficient (Wildman–Crippen LogP) is 4.55. The lowest BCUT2D eigenvalue weighted by atomic mass is 9.88.